The van der Waals surface area contributed by atoms with Gasteiger partial charge in [0, 0.05) is 17.9 Å². The van der Waals surface area contributed by atoms with E-state index >= 15 is 0 Å². The lowest BCUT2D eigenvalue weighted by molar-refractivity contribution is -0.139. The molecule has 0 saturated heterocycles. The van der Waals surface area contributed by atoms with Crippen LogP contribution in [0.3, 0.4) is 0 Å². The lowest BCUT2D eigenvalue weighted by Gasteiger charge is -2.12. The maximum atomic E-state index is 11.9. The predicted molar refractivity (Wildman–Crippen MR) is 69.0 cm³/mol. The third kappa shape index (κ3) is 3.54. The van der Waals surface area contributed by atoms with Gasteiger partial charge in [0.15, 0.2) is 0 Å². The van der Waals surface area contributed by atoms with Crippen LogP contribution in [0.1, 0.15) is 33.5 Å². The van der Waals surface area contributed by atoms with Crippen molar-refractivity contribution in [3.8, 4) is 0 Å². The van der Waals surface area contributed by atoms with Crippen molar-refractivity contribution in [3.63, 3.8) is 0 Å². The Kier molecular flexibility index (Phi) is 5.30. The van der Waals surface area contributed by atoms with Crippen molar-refractivity contribution in [2.45, 2.75) is 32.7 Å². The number of rotatable bonds is 6. The van der Waals surface area contributed by atoms with E-state index in [1.54, 1.807) is 6.07 Å². The van der Waals surface area contributed by atoms with Gasteiger partial charge in [-0.3, -0.25) is 4.79 Å². The number of aliphatic hydroxyl groups is 1. The normalized spacial score (nSPS) is 12.2. The first kappa shape index (κ1) is 14.7. The van der Waals surface area contributed by atoms with Gasteiger partial charge in [0.1, 0.15) is 6.04 Å². The van der Waals surface area contributed by atoms with Gasteiger partial charge in [-0.15, -0.1) is 11.3 Å². The highest BCUT2D eigenvalue weighted by Gasteiger charge is 2.21. The van der Waals surface area contributed by atoms with Gasteiger partial charge in [0.05, 0.1) is 4.88 Å². The van der Waals surface area contributed by atoms with E-state index in [0.717, 1.165) is 16.9 Å². The van der Waals surface area contributed by atoms with Crippen LogP contribution < -0.4 is 5.32 Å². The molecule has 1 heterocycles. The molecular weight excluding hydrogens is 254 g/mol. The van der Waals surface area contributed by atoms with E-state index in [9.17, 15) is 9.59 Å². The second-order valence-corrected chi connectivity index (χ2v) is 5.18. The number of amides is 1. The molecule has 3 N–H and O–H groups in total. The Morgan fingerprint density at radius 2 is 2.17 bits per heavy atom. The molecular formula is C12H17NO4S. The van der Waals surface area contributed by atoms with Gasteiger partial charge in [-0.2, -0.15) is 0 Å². The molecule has 1 unspecified atom stereocenters. The van der Waals surface area contributed by atoms with Gasteiger partial charge in [-0.05, 0) is 25.0 Å². The zero-order valence-corrected chi connectivity index (χ0v) is 11.2. The Bertz CT molecular complexity index is 441. The second kappa shape index (κ2) is 6.51. The summed E-state index contributed by atoms with van der Waals surface area (Å²) in [6.07, 6.45) is 0.848. The van der Waals surface area contributed by atoms with Crippen LogP contribution in [0.15, 0.2) is 6.07 Å². The topological polar surface area (TPSA) is 86.6 Å². The van der Waals surface area contributed by atoms with Crippen LogP contribution in [0.25, 0.3) is 0 Å². The Labute approximate surface area is 109 Å². The van der Waals surface area contributed by atoms with Gasteiger partial charge in [0.25, 0.3) is 5.91 Å². The molecule has 1 aromatic rings. The van der Waals surface area contributed by atoms with E-state index in [1.165, 1.54) is 11.3 Å². The molecule has 0 spiro atoms. The molecule has 1 amide bonds. The van der Waals surface area contributed by atoms with Crippen molar-refractivity contribution in [3.05, 3.63) is 21.4 Å². The first-order valence-electron chi connectivity index (χ1n) is 5.73. The third-order valence-corrected chi connectivity index (χ3v) is 3.74. The minimum absolute atomic E-state index is 0.00602. The molecule has 100 valence electrons. The van der Waals surface area contributed by atoms with Crippen molar-refractivity contribution >= 4 is 23.2 Å². The molecule has 1 rings (SSSR count). The van der Waals surface area contributed by atoms with Crippen molar-refractivity contribution in [1.82, 2.24) is 5.32 Å². The number of carbonyl (C=O) groups excluding carboxylic acids is 1. The van der Waals surface area contributed by atoms with Crippen LogP contribution in [0, 0.1) is 6.92 Å². The molecule has 1 atom stereocenters. The van der Waals surface area contributed by atoms with Crippen molar-refractivity contribution in [1.29, 1.82) is 0 Å². The number of nitrogens with one attached hydrogen (secondary N) is 1. The molecule has 0 aromatic carbocycles. The third-order valence-electron chi connectivity index (χ3n) is 2.65. The number of carboxylic acid groups (broad SMARTS) is 1. The number of carbonyl (C=O) groups is 2. The number of aryl methyl sites for hydroxylation is 2. The van der Waals surface area contributed by atoms with Crippen LogP contribution in [0.4, 0.5) is 0 Å². The van der Waals surface area contributed by atoms with E-state index in [4.69, 9.17) is 10.2 Å². The highest BCUT2D eigenvalue weighted by molar-refractivity contribution is 7.14. The highest BCUT2D eigenvalue weighted by atomic mass is 32.1. The summed E-state index contributed by atoms with van der Waals surface area (Å²) < 4.78 is 0. The number of aliphatic carboxylic acids is 1. The molecule has 5 nitrogen and oxygen atoms in total. The Balaban J connectivity index is 2.77. The minimum atomic E-state index is -1.14. The molecule has 0 bridgehead atoms. The second-order valence-electron chi connectivity index (χ2n) is 3.92. The smallest absolute Gasteiger partial charge is 0.326 e. The maximum absolute atomic E-state index is 11.9. The Hall–Kier alpha value is -1.40. The van der Waals surface area contributed by atoms with Crippen LogP contribution in [-0.2, 0) is 11.2 Å². The maximum Gasteiger partial charge on any atom is 0.326 e. The summed E-state index contributed by atoms with van der Waals surface area (Å²) in [4.78, 5) is 24.3. The summed E-state index contributed by atoms with van der Waals surface area (Å²) >= 11 is 1.35. The Morgan fingerprint density at radius 3 is 2.61 bits per heavy atom. The zero-order chi connectivity index (χ0) is 13.7. The largest absolute Gasteiger partial charge is 0.480 e. The van der Waals surface area contributed by atoms with E-state index < -0.39 is 17.9 Å². The van der Waals surface area contributed by atoms with Crippen molar-refractivity contribution in [2.24, 2.45) is 0 Å². The molecule has 0 aliphatic heterocycles. The molecule has 6 heteroatoms. The summed E-state index contributed by atoms with van der Waals surface area (Å²) in [5.41, 5.74) is 1.10. The SMILES string of the molecule is CCc1cc(C(=O)NC(CCO)C(=O)O)sc1C. The van der Waals surface area contributed by atoms with Gasteiger partial charge in [0.2, 0.25) is 0 Å². The predicted octanol–water partition coefficient (Wildman–Crippen LogP) is 1.18. The van der Waals surface area contributed by atoms with Gasteiger partial charge >= 0.3 is 5.97 Å². The first-order valence-corrected chi connectivity index (χ1v) is 6.55. The van der Waals surface area contributed by atoms with Crippen LogP contribution in [0.5, 0.6) is 0 Å². The molecule has 18 heavy (non-hydrogen) atoms. The van der Waals surface area contributed by atoms with E-state index in [2.05, 4.69) is 5.32 Å². The minimum Gasteiger partial charge on any atom is -0.480 e. The summed E-state index contributed by atoms with van der Waals surface area (Å²) in [5, 5.41) is 20.0. The fraction of sp³-hybridized carbons (Fsp3) is 0.500. The monoisotopic (exact) mass is 271 g/mol. The summed E-state index contributed by atoms with van der Waals surface area (Å²) in [7, 11) is 0. The van der Waals surface area contributed by atoms with Crippen molar-refractivity contribution in [2.75, 3.05) is 6.61 Å². The van der Waals surface area contributed by atoms with E-state index in [1.807, 2.05) is 13.8 Å². The number of aliphatic hydroxyl groups excluding tert-OH is 1. The van der Waals surface area contributed by atoms with Gasteiger partial charge < -0.3 is 15.5 Å². The van der Waals surface area contributed by atoms with Crippen LogP contribution in [0.2, 0.25) is 0 Å². The van der Waals surface area contributed by atoms with Gasteiger partial charge in [-0.1, -0.05) is 6.92 Å². The molecule has 0 fully saturated rings. The zero-order valence-electron chi connectivity index (χ0n) is 10.4. The van der Waals surface area contributed by atoms with Gasteiger partial charge in [-0.25, -0.2) is 4.79 Å². The summed E-state index contributed by atoms with van der Waals surface area (Å²) in [5.74, 6) is -1.54. The molecule has 0 radical (unpaired) electrons. The van der Waals surface area contributed by atoms with E-state index in [0.29, 0.717) is 4.88 Å². The van der Waals surface area contributed by atoms with Crippen molar-refractivity contribution < 1.29 is 19.8 Å². The Morgan fingerprint density at radius 1 is 1.50 bits per heavy atom. The average Bonchev–Trinajstić information content (AvgIpc) is 2.69. The van der Waals surface area contributed by atoms with Crippen LogP contribution in [-0.4, -0.2) is 34.7 Å². The average molecular weight is 271 g/mol. The fourth-order valence-electron chi connectivity index (χ4n) is 1.60. The quantitative estimate of drug-likeness (QED) is 0.725. The lowest BCUT2D eigenvalue weighted by Crippen LogP contribution is -2.41. The highest BCUT2D eigenvalue weighted by Crippen LogP contribution is 2.22. The number of hydrogen-bond acceptors (Lipinski definition) is 4. The number of thiophene rings is 1. The molecule has 0 aliphatic carbocycles. The molecule has 0 aliphatic rings. The summed E-state index contributed by atoms with van der Waals surface area (Å²) in [6.45, 7) is 3.66. The standard InChI is InChI=1S/C12H17NO4S/c1-3-8-6-10(18-7(8)2)11(15)13-9(4-5-14)12(16)17/h6,9,14H,3-5H2,1-2H3,(H,13,15)(H,16,17). The van der Waals surface area contributed by atoms with Crippen LogP contribution >= 0.6 is 11.3 Å². The first-order chi connectivity index (χ1) is 8.49. The number of hydrogen-bond donors (Lipinski definition) is 3. The number of carboxylic acids is 1. The fourth-order valence-corrected chi connectivity index (χ4v) is 2.62. The molecule has 1 aromatic heterocycles. The summed E-state index contributed by atoms with van der Waals surface area (Å²) in [6, 6.07) is 0.739. The lowest BCUT2D eigenvalue weighted by atomic mass is 10.2. The van der Waals surface area contributed by atoms with E-state index in [-0.39, 0.29) is 13.0 Å². The molecule has 0 saturated carbocycles.